The molecule has 0 aliphatic carbocycles. The summed E-state index contributed by atoms with van der Waals surface area (Å²) < 4.78 is 11.5. The summed E-state index contributed by atoms with van der Waals surface area (Å²) in [7, 11) is 0. The van der Waals surface area contributed by atoms with E-state index in [0.29, 0.717) is 19.6 Å². The van der Waals surface area contributed by atoms with E-state index in [0.717, 1.165) is 28.2 Å². The summed E-state index contributed by atoms with van der Waals surface area (Å²) in [5, 5.41) is 9.58. The third-order valence-electron chi connectivity index (χ3n) is 4.80. The Morgan fingerprint density at radius 1 is 0.897 bits per heavy atom. The van der Waals surface area contributed by atoms with Crippen molar-refractivity contribution in [1.82, 2.24) is 0 Å². The topological polar surface area (TPSA) is 55.8 Å². The molecule has 0 fully saturated rings. The summed E-state index contributed by atoms with van der Waals surface area (Å²) in [5.74, 6) is 0.230. The molecule has 0 aliphatic heterocycles. The molecule has 0 amide bonds. The molecule has 0 saturated heterocycles. The fourth-order valence-electron chi connectivity index (χ4n) is 3.26. The van der Waals surface area contributed by atoms with Crippen LogP contribution in [-0.2, 0) is 11.2 Å². The lowest BCUT2D eigenvalue weighted by Crippen LogP contribution is -2.14. The lowest BCUT2D eigenvalue weighted by molar-refractivity contribution is -0.138. The molecule has 150 valence electrons. The minimum absolute atomic E-state index is 0.439. The van der Waals surface area contributed by atoms with Gasteiger partial charge in [0.05, 0.1) is 5.92 Å². The molecule has 0 aromatic heterocycles. The molecule has 0 spiro atoms. The Labute approximate surface area is 171 Å². The zero-order valence-corrected chi connectivity index (χ0v) is 16.8. The average molecular weight is 390 g/mol. The van der Waals surface area contributed by atoms with Crippen molar-refractivity contribution in [2.24, 2.45) is 0 Å². The quantitative estimate of drug-likeness (QED) is 0.512. The van der Waals surface area contributed by atoms with E-state index in [1.807, 2.05) is 73.7 Å². The van der Waals surface area contributed by atoms with Crippen LogP contribution in [0.3, 0.4) is 0 Å². The standard InChI is InChI=1S/C25H26O4/c1-18-8-13-24(19(2)16-18)29-15-14-28-22-11-9-20(10-12-22)17-23(25(26)27)21-6-4-3-5-7-21/h3-13,16,23H,14-15,17H2,1-2H3,(H,26,27). The Morgan fingerprint density at radius 2 is 1.59 bits per heavy atom. The van der Waals surface area contributed by atoms with Gasteiger partial charge in [0.15, 0.2) is 0 Å². The van der Waals surface area contributed by atoms with Gasteiger partial charge in [0.1, 0.15) is 24.7 Å². The number of aliphatic carboxylic acids is 1. The van der Waals surface area contributed by atoms with E-state index in [-0.39, 0.29) is 0 Å². The van der Waals surface area contributed by atoms with Gasteiger partial charge in [-0.1, -0.05) is 60.2 Å². The lowest BCUT2D eigenvalue weighted by Gasteiger charge is -2.14. The van der Waals surface area contributed by atoms with Crippen LogP contribution in [-0.4, -0.2) is 24.3 Å². The van der Waals surface area contributed by atoms with Gasteiger partial charge in [0, 0.05) is 0 Å². The molecule has 0 heterocycles. The predicted octanol–water partition coefficient (Wildman–Crippen LogP) is 5.17. The number of benzene rings is 3. The zero-order chi connectivity index (χ0) is 20.6. The van der Waals surface area contributed by atoms with E-state index in [9.17, 15) is 9.90 Å². The van der Waals surface area contributed by atoms with Crippen LogP contribution in [0.4, 0.5) is 0 Å². The van der Waals surface area contributed by atoms with Gasteiger partial charge >= 0.3 is 5.97 Å². The van der Waals surface area contributed by atoms with Crippen molar-refractivity contribution in [2.45, 2.75) is 26.2 Å². The highest BCUT2D eigenvalue weighted by Crippen LogP contribution is 2.23. The molecule has 4 nitrogen and oxygen atoms in total. The van der Waals surface area contributed by atoms with Crippen LogP contribution >= 0.6 is 0 Å². The molecule has 1 N–H and O–H groups in total. The number of carboxylic acid groups (broad SMARTS) is 1. The van der Waals surface area contributed by atoms with Crippen LogP contribution in [0, 0.1) is 13.8 Å². The Morgan fingerprint density at radius 3 is 2.24 bits per heavy atom. The fourth-order valence-corrected chi connectivity index (χ4v) is 3.26. The summed E-state index contributed by atoms with van der Waals surface area (Å²) in [5.41, 5.74) is 4.09. The molecule has 0 radical (unpaired) electrons. The molecular weight excluding hydrogens is 364 g/mol. The first kappa shape index (κ1) is 20.5. The molecule has 29 heavy (non-hydrogen) atoms. The summed E-state index contributed by atoms with van der Waals surface area (Å²) in [6.07, 6.45) is 0.440. The maximum Gasteiger partial charge on any atom is 0.311 e. The first-order valence-electron chi connectivity index (χ1n) is 9.72. The highest BCUT2D eigenvalue weighted by atomic mass is 16.5. The van der Waals surface area contributed by atoms with E-state index in [1.165, 1.54) is 5.56 Å². The number of hydrogen-bond donors (Lipinski definition) is 1. The largest absolute Gasteiger partial charge is 0.490 e. The van der Waals surface area contributed by atoms with Crippen LogP contribution in [0.15, 0.2) is 72.8 Å². The monoisotopic (exact) mass is 390 g/mol. The second-order valence-electron chi connectivity index (χ2n) is 7.12. The van der Waals surface area contributed by atoms with E-state index in [4.69, 9.17) is 9.47 Å². The summed E-state index contributed by atoms with van der Waals surface area (Å²) >= 11 is 0. The Hall–Kier alpha value is -3.27. The third-order valence-corrected chi connectivity index (χ3v) is 4.80. The third kappa shape index (κ3) is 5.85. The summed E-state index contributed by atoms with van der Waals surface area (Å²) in [6.45, 7) is 4.99. The second kappa shape index (κ2) is 9.78. The molecule has 0 saturated carbocycles. The average Bonchev–Trinajstić information content (AvgIpc) is 2.72. The molecule has 3 aromatic rings. The number of rotatable bonds is 9. The number of carbonyl (C=O) groups is 1. The summed E-state index contributed by atoms with van der Waals surface area (Å²) in [4.78, 5) is 11.7. The van der Waals surface area contributed by atoms with E-state index in [2.05, 4.69) is 13.0 Å². The lowest BCUT2D eigenvalue weighted by atomic mass is 9.92. The molecule has 0 aliphatic rings. The van der Waals surface area contributed by atoms with E-state index < -0.39 is 11.9 Å². The van der Waals surface area contributed by atoms with E-state index >= 15 is 0 Å². The normalized spacial score (nSPS) is 11.7. The molecule has 4 heteroatoms. The Bertz CT molecular complexity index is 933. The maximum atomic E-state index is 11.7. The van der Waals surface area contributed by atoms with Gasteiger partial charge in [-0.05, 0) is 55.2 Å². The van der Waals surface area contributed by atoms with Crippen LogP contribution in [0.1, 0.15) is 28.2 Å². The van der Waals surface area contributed by atoms with Crippen molar-refractivity contribution in [3.63, 3.8) is 0 Å². The minimum Gasteiger partial charge on any atom is -0.490 e. The van der Waals surface area contributed by atoms with Crippen LogP contribution in [0.5, 0.6) is 11.5 Å². The van der Waals surface area contributed by atoms with Crippen molar-refractivity contribution < 1.29 is 19.4 Å². The number of ether oxygens (including phenoxy) is 2. The minimum atomic E-state index is -0.819. The van der Waals surface area contributed by atoms with Gasteiger partial charge in [0.2, 0.25) is 0 Å². The van der Waals surface area contributed by atoms with Crippen molar-refractivity contribution in [2.75, 3.05) is 13.2 Å². The Balaban J connectivity index is 1.51. The first-order valence-corrected chi connectivity index (χ1v) is 9.72. The highest BCUT2D eigenvalue weighted by Gasteiger charge is 2.20. The van der Waals surface area contributed by atoms with Gasteiger partial charge in [-0.3, -0.25) is 4.79 Å². The molecule has 3 rings (SSSR count). The van der Waals surface area contributed by atoms with Crippen LogP contribution in [0.2, 0.25) is 0 Å². The summed E-state index contributed by atoms with van der Waals surface area (Å²) in [6, 6.07) is 23.0. The van der Waals surface area contributed by atoms with Gasteiger partial charge in [0.25, 0.3) is 0 Å². The van der Waals surface area contributed by atoms with Crippen molar-refractivity contribution in [3.05, 3.63) is 95.1 Å². The van der Waals surface area contributed by atoms with E-state index in [1.54, 1.807) is 0 Å². The Kier molecular flexibility index (Phi) is 6.90. The molecule has 1 unspecified atom stereocenters. The zero-order valence-electron chi connectivity index (χ0n) is 16.8. The van der Waals surface area contributed by atoms with Crippen molar-refractivity contribution in [1.29, 1.82) is 0 Å². The number of hydrogen-bond acceptors (Lipinski definition) is 3. The van der Waals surface area contributed by atoms with Crippen LogP contribution in [0.25, 0.3) is 0 Å². The molecular formula is C25H26O4. The first-order chi connectivity index (χ1) is 14.0. The van der Waals surface area contributed by atoms with Gasteiger partial charge in [-0.2, -0.15) is 0 Å². The van der Waals surface area contributed by atoms with Crippen molar-refractivity contribution >= 4 is 5.97 Å². The molecule has 1 atom stereocenters. The SMILES string of the molecule is Cc1ccc(OCCOc2ccc(CC(C(=O)O)c3ccccc3)cc2)c(C)c1. The fraction of sp³-hybridized carbons (Fsp3) is 0.240. The maximum absolute atomic E-state index is 11.7. The van der Waals surface area contributed by atoms with Crippen LogP contribution < -0.4 is 9.47 Å². The predicted molar refractivity (Wildman–Crippen MR) is 114 cm³/mol. The van der Waals surface area contributed by atoms with Gasteiger partial charge in [-0.15, -0.1) is 0 Å². The second-order valence-corrected chi connectivity index (χ2v) is 7.12. The smallest absolute Gasteiger partial charge is 0.311 e. The van der Waals surface area contributed by atoms with Gasteiger partial charge < -0.3 is 14.6 Å². The van der Waals surface area contributed by atoms with Crippen molar-refractivity contribution in [3.8, 4) is 11.5 Å². The number of carboxylic acids is 1. The highest BCUT2D eigenvalue weighted by molar-refractivity contribution is 5.76. The molecule has 3 aromatic carbocycles. The van der Waals surface area contributed by atoms with Gasteiger partial charge in [-0.25, -0.2) is 0 Å². The molecule has 0 bridgehead atoms. The number of aryl methyl sites for hydroxylation is 2.